The fraction of sp³-hybridized carbons (Fsp3) is 0.455. The number of halogens is 3. The zero-order valence-corrected chi connectivity index (χ0v) is 10.4. The summed E-state index contributed by atoms with van der Waals surface area (Å²) in [5.74, 6) is -1.24. The maximum absolute atomic E-state index is 12.4. The van der Waals surface area contributed by atoms with Gasteiger partial charge >= 0.3 is 12.3 Å². The van der Waals surface area contributed by atoms with Crippen molar-refractivity contribution in [2.45, 2.75) is 26.3 Å². The van der Waals surface area contributed by atoms with Crippen LogP contribution >= 0.6 is 0 Å². The molecule has 19 heavy (non-hydrogen) atoms. The van der Waals surface area contributed by atoms with Gasteiger partial charge in [0.1, 0.15) is 0 Å². The van der Waals surface area contributed by atoms with E-state index >= 15 is 0 Å². The minimum atomic E-state index is -4.88. The Morgan fingerprint density at radius 1 is 1.47 bits per heavy atom. The number of hydrogen-bond acceptors (Lipinski definition) is 5. The normalized spacial score (nSPS) is 11.3. The molecule has 0 aliphatic heterocycles. The lowest BCUT2D eigenvalue weighted by molar-refractivity contribution is -0.275. The van der Waals surface area contributed by atoms with E-state index in [2.05, 4.69) is 14.5 Å². The highest BCUT2D eigenvalue weighted by Gasteiger charge is 2.34. The summed E-state index contributed by atoms with van der Waals surface area (Å²) in [4.78, 5) is 14.9. The third-order valence-corrected chi connectivity index (χ3v) is 2.39. The largest absolute Gasteiger partial charge is 0.573 e. The van der Waals surface area contributed by atoms with Crippen molar-refractivity contribution in [1.82, 2.24) is 4.98 Å². The summed E-state index contributed by atoms with van der Waals surface area (Å²) >= 11 is 0. The Balaban J connectivity index is 3.25. The number of nitrogens with zero attached hydrogens (tertiary/aromatic N) is 1. The van der Waals surface area contributed by atoms with E-state index in [4.69, 9.17) is 5.73 Å². The van der Waals surface area contributed by atoms with E-state index in [9.17, 15) is 18.0 Å². The van der Waals surface area contributed by atoms with Crippen molar-refractivity contribution in [1.29, 1.82) is 0 Å². The number of carbonyl (C=O) groups is 1. The molecule has 0 unspecified atom stereocenters. The van der Waals surface area contributed by atoms with E-state index in [-0.39, 0.29) is 17.8 Å². The maximum Gasteiger partial charge on any atom is 0.573 e. The molecule has 2 N–H and O–H groups in total. The van der Waals surface area contributed by atoms with Gasteiger partial charge in [0.05, 0.1) is 19.2 Å². The molecule has 1 heterocycles. The summed E-state index contributed by atoms with van der Waals surface area (Å²) in [6, 6.07) is 0. The molecule has 0 fully saturated rings. The van der Waals surface area contributed by atoms with Gasteiger partial charge in [0.15, 0.2) is 5.75 Å². The zero-order valence-electron chi connectivity index (χ0n) is 10.4. The van der Waals surface area contributed by atoms with Crippen LogP contribution in [0.3, 0.4) is 0 Å². The molecule has 0 amide bonds. The van der Waals surface area contributed by atoms with Crippen molar-refractivity contribution in [3.63, 3.8) is 0 Å². The van der Waals surface area contributed by atoms with Gasteiger partial charge in [0, 0.05) is 18.3 Å². The zero-order chi connectivity index (χ0) is 14.6. The summed E-state index contributed by atoms with van der Waals surface area (Å²) in [5, 5.41) is 0. The number of rotatable bonds is 4. The molecule has 0 bridgehead atoms. The first kappa shape index (κ1) is 15.2. The topological polar surface area (TPSA) is 74.4 Å². The second-order valence-corrected chi connectivity index (χ2v) is 3.70. The molecule has 106 valence electrons. The monoisotopic (exact) mass is 278 g/mol. The second kappa shape index (κ2) is 5.87. The molecular weight excluding hydrogens is 265 g/mol. The third-order valence-electron chi connectivity index (χ3n) is 2.39. The highest BCUT2D eigenvalue weighted by molar-refractivity contribution is 5.73. The van der Waals surface area contributed by atoms with E-state index in [1.807, 2.05) is 0 Å². The smallest absolute Gasteiger partial charge is 0.469 e. The number of ether oxygens (including phenoxy) is 2. The number of pyridine rings is 1. The van der Waals surface area contributed by atoms with Gasteiger partial charge in [-0.05, 0) is 12.5 Å². The Labute approximate surface area is 107 Å². The fourth-order valence-electron chi connectivity index (χ4n) is 1.49. The lowest BCUT2D eigenvalue weighted by Crippen LogP contribution is -2.22. The number of alkyl halides is 3. The number of esters is 1. The van der Waals surface area contributed by atoms with Crippen molar-refractivity contribution in [2.75, 3.05) is 7.11 Å². The minimum Gasteiger partial charge on any atom is -0.469 e. The SMILES string of the molecule is COC(=O)Cc1ncc(C)c(CN)c1OC(F)(F)F. The lowest BCUT2D eigenvalue weighted by atomic mass is 10.1. The number of nitrogens with two attached hydrogens (primary N) is 1. The van der Waals surface area contributed by atoms with Crippen LogP contribution in [-0.2, 0) is 22.5 Å². The Morgan fingerprint density at radius 2 is 2.11 bits per heavy atom. The Bertz CT molecular complexity index is 475. The highest BCUT2D eigenvalue weighted by Crippen LogP contribution is 2.31. The minimum absolute atomic E-state index is 0.157. The van der Waals surface area contributed by atoms with Gasteiger partial charge in [-0.15, -0.1) is 13.2 Å². The van der Waals surface area contributed by atoms with Gasteiger partial charge in [-0.25, -0.2) is 0 Å². The molecule has 0 radical (unpaired) electrons. The van der Waals surface area contributed by atoms with E-state index in [0.717, 1.165) is 7.11 Å². The molecule has 0 saturated heterocycles. The standard InChI is InChI=1S/C11H13F3N2O3/c1-6-5-16-8(3-9(17)18-2)10(7(6)4-15)19-11(12,13)14/h5H,3-4,15H2,1-2H3. The molecule has 5 nitrogen and oxygen atoms in total. The molecule has 1 rings (SSSR count). The number of aromatic nitrogens is 1. The summed E-state index contributed by atoms with van der Waals surface area (Å²) in [6.07, 6.45) is -3.97. The lowest BCUT2D eigenvalue weighted by Gasteiger charge is -2.17. The van der Waals surface area contributed by atoms with Crippen LogP contribution in [0.15, 0.2) is 6.20 Å². The van der Waals surface area contributed by atoms with Crippen LogP contribution in [0.5, 0.6) is 5.75 Å². The Kier molecular flexibility index (Phi) is 4.71. The summed E-state index contributed by atoms with van der Waals surface area (Å²) in [5.41, 5.74) is 5.87. The van der Waals surface area contributed by atoms with Gasteiger partial charge in [0.2, 0.25) is 0 Å². The van der Waals surface area contributed by atoms with Gasteiger partial charge in [-0.2, -0.15) is 0 Å². The molecule has 0 spiro atoms. The van der Waals surface area contributed by atoms with Crippen molar-refractivity contribution in [3.05, 3.63) is 23.0 Å². The number of carbonyl (C=O) groups excluding carboxylic acids is 1. The summed E-state index contributed by atoms with van der Waals surface area (Å²) in [6.45, 7) is 1.40. The van der Waals surface area contributed by atoms with Gasteiger partial charge in [-0.3, -0.25) is 9.78 Å². The molecule has 0 saturated carbocycles. The molecule has 0 aliphatic rings. The van der Waals surface area contributed by atoms with Crippen molar-refractivity contribution in [2.24, 2.45) is 5.73 Å². The molecule has 1 aromatic heterocycles. The average molecular weight is 278 g/mol. The van der Waals surface area contributed by atoms with Crippen LogP contribution in [-0.4, -0.2) is 24.4 Å². The van der Waals surface area contributed by atoms with Crippen LogP contribution in [0.4, 0.5) is 13.2 Å². The van der Waals surface area contributed by atoms with Crippen LogP contribution < -0.4 is 10.5 Å². The van der Waals surface area contributed by atoms with E-state index in [1.165, 1.54) is 6.20 Å². The van der Waals surface area contributed by atoms with Gasteiger partial charge < -0.3 is 15.2 Å². The predicted molar refractivity (Wildman–Crippen MR) is 59.3 cm³/mol. The summed E-state index contributed by atoms with van der Waals surface area (Å²) in [7, 11) is 1.13. The quantitative estimate of drug-likeness (QED) is 0.844. The second-order valence-electron chi connectivity index (χ2n) is 3.70. The van der Waals surface area contributed by atoms with E-state index < -0.39 is 24.5 Å². The van der Waals surface area contributed by atoms with E-state index in [1.54, 1.807) is 6.92 Å². The molecule has 1 aromatic rings. The average Bonchev–Trinajstić information content (AvgIpc) is 2.31. The first-order valence-electron chi connectivity index (χ1n) is 5.28. The van der Waals surface area contributed by atoms with Crippen molar-refractivity contribution >= 4 is 5.97 Å². The van der Waals surface area contributed by atoms with Gasteiger partial charge in [-0.1, -0.05) is 0 Å². The van der Waals surface area contributed by atoms with Crippen molar-refractivity contribution in [3.8, 4) is 5.75 Å². The van der Waals surface area contributed by atoms with E-state index in [0.29, 0.717) is 5.56 Å². The highest BCUT2D eigenvalue weighted by atomic mass is 19.4. The molecule has 0 atom stereocenters. The summed E-state index contributed by atoms with van der Waals surface area (Å²) < 4.78 is 45.5. The molecule has 0 aliphatic carbocycles. The maximum atomic E-state index is 12.4. The van der Waals surface area contributed by atoms with Crippen LogP contribution in [0.25, 0.3) is 0 Å². The number of aryl methyl sites for hydroxylation is 1. The van der Waals surface area contributed by atoms with Gasteiger partial charge in [0.25, 0.3) is 0 Å². The third kappa shape index (κ3) is 4.09. The number of hydrogen-bond donors (Lipinski definition) is 1. The Morgan fingerprint density at radius 3 is 2.58 bits per heavy atom. The first-order valence-corrected chi connectivity index (χ1v) is 5.28. The number of methoxy groups -OCH3 is 1. The fourth-order valence-corrected chi connectivity index (χ4v) is 1.49. The first-order chi connectivity index (χ1) is 8.78. The van der Waals surface area contributed by atoms with Crippen LogP contribution in [0.2, 0.25) is 0 Å². The van der Waals surface area contributed by atoms with Crippen LogP contribution in [0, 0.1) is 6.92 Å². The van der Waals surface area contributed by atoms with Crippen molar-refractivity contribution < 1.29 is 27.4 Å². The molecular formula is C11H13F3N2O3. The Hall–Kier alpha value is -1.83. The molecule has 0 aromatic carbocycles. The molecule has 8 heteroatoms. The predicted octanol–water partition coefficient (Wildman–Crippen LogP) is 1.46. The van der Waals surface area contributed by atoms with Crippen LogP contribution in [0.1, 0.15) is 16.8 Å².